The van der Waals surface area contributed by atoms with Gasteiger partial charge in [0, 0.05) is 12.1 Å². The van der Waals surface area contributed by atoms with E-state index in [4.69, 9.17) is 0 Å². The van der Waals surface area contributed by atoms with E-state index in [0.29, 0.717) is 12.5 Å². The van der Waals surface area contributed by atoms with Crippen molar-refractivity contribution in [1.29, 1.82) is 0 Å². The molecule has 0 aliphatic heterocycles. The molecule has 0 unspecified atom stereocenters. The number of aliphatic hydroxyl groups excluding tert-OH is 1. The fourth-order valence-electron chi connectivity index (χ4n) is 3.35. The summed E-state index contributed by atoms with van der Waals surface area (Å²) < 4.78 is 0. The van der Waals surface area contributed by atoms with Gasteiger partial charge in [-0.25, -0.2) is 0 Å². The maximum Gasteiger partial charge on any atom is 0.0448 e. The third-order valence-corrected chi connectivity index (χ3v) is 4.55. The van der Waals surface area contributed by atoms with Crippen molar-refractivity contribution in [1.82, 2.24) is 5.32 Å². The zero-order valence-electron chi connectivity index (χ0n) is 12.1. The topological polar surface area (TPSA) is 32.3 Å². The van der Waals surface area contributed by atoms with Crippen LogP contribution in [0, 0.1) is 0 Å². The predicted molar refractivity (Wildman–Crippen MR) is 80.4 cm³/mol. The highest BCUT2D eigenvalue weighted by Crippen LogP contribution is 2.39. The first-order valence-electron chi connectivity index (χ1n) is 7.70. The normalized spacial score (nSPS) is 27.4. The third kappa shape index (κ3) is 3.80. The lowest BCUT2D eigenvalue weighted by Crippen LogP contribution is -2.48. The van der Waals surface area contributed by atoms with Crippen molar-refractivity contribution in [3.05, 3.63) is 35.9 Å². The SMILES string of the molecule is CCCNC1(CCO)CCC(c2ccccc2)CC1. The Morgan fingerprint density at radius 2 is 1.89 bits per heavy atom. The van der Waals surface area contributed by atoms with E-state index in [1.54, 1.807) is 0 Å². The Morgan fingerprint density at radius 3 is 2.47 bits per heavy atom. The smallest absolute Gasteiger partial charge is 0.0448 e. The molecule has 1 aromatic carbocycles. The van der Waals surface area contributed by atoms with E-state index in [1.165, 1.54) is 31.2 Å². The molecule has 0 atom stereocenters. The Kier molecular flexibility index (Phi) is 5.41. The van der Waals surface area contributed by atoms with Gasteiger partial charge < -0.3 is 10.4 Å². The van der Waals surface area contributed by atoms with Crippen LogP contribution in [0.1, 0.15) is 56.9 Å². The van der Waals surface area contributed by atoms with E-state index in [-0.39, 0.29) is 5.54 Å². The molecule has 2 N–H and O–H groups in total. The molecular formula is C17H27NO. The minimum absolute atomic E-state index is 0.191. The van der Waals surface area contributed by atoms with Gasteiger partial charge in [0.1, 0.15) is 0 Å². The number of hydrogen-bond donors (Lipinski definition) is 2. The Hall–Kier alpha value is -0.860. The van der Waals surface area contributed by atoms with Crippen LogP contribution in [-0.4, -0.2) is 23.8 Å². The first-order chi connectivity index (χ1) is 9.29. The molecule has 1 aromatic rings. The Labute approximate surface area is 117 Å². The van der Waals surface area contributed by atoms with Gasteiger partial charge in [0.2, 0.25) is 0 Å². The Bertz CT molecular complexity index is 355. The lowest BCUT2D eigenvalue weighted by molar-refractivity contribution is 0.157. The van der Waals surface area contributed by atoms with Crippen molar-refractivity contribution >= 4 is 0 Å². The Morgan fingerprint density at radius 1 is 1.21 bits per heavy atom. The summed E-state index contributed by atoms with van der Waals surface area (Å²) in [6.07, 6.45) is 6.91. The zero-order chi connectivity index (χ0) is 13.6. The molecule has 0 saturated heterocycles. The molecule has 1 aliphatic rings. The van der Waals surface area contributed by atoms with Gasteiger partial charge >= 0.3 is 0 Å². The highest BCUT2D eigenvalue weighted by molar-refractivity contribution is 5.20. The summed E-state index contributed by atoms with van der Waals surface area (Å²) in [7, 11) is 0. The summed E-state index contributed by atoms with van der Waals surface area (Å²) in [6, 6.07) is 10.9. The molecule has 2 rings (SSSR count). The van der Waals surface area contributed by atoms with Gasteiger partial charge in [-0.3, -0.25) is 0 Å². The second-order valence-corrected chi connectivity index (χ2v) is 5.87. The third-order valence-electron chi connectivity index (χ3n) is 4.55. The van der Waals surface area contributed by atoms with E-state index >= 15 is 0 Å². The second-order valence-electron chi connectivity index (χ2n) is 5.87. The molecule has 0 radical (unpaired) electrons. The van der Waals surface area contributed by atoms with Gasteiger partial charge in [-0.15, -0.1) is 0 Å². The van der Waals surface area contributed by atoms with Crippen molar-refractivity contribution < 1.29 is 5.11 Å². The molecule has 106 valence electrons. The fourth-order valence-corrected chi connectivity index (χ4v) is 3.35. The average Bonchev–Trinajstić information content (AvgIpc) is 2.47. The maximum atomic E-state index is 9.33. The number of aliphatic hydroxyl groups is 1. The molecule has 0 bridgehead atoms. The standard InChI is InChI=1S/C17H27NO/c1-2-13-18-17(12-14-19)10-8-16(9-11-17)15-6-4-3-5-7-15/h3-7,16,18-19H,2,8-14H2,1H3. The number of hydrogen-bond acceptors (Lipinski definition) is 2. The number of benzene rings is 1. The largest absolute Gasteiger partial charge is 0.396 e. The lowest BCUT2D eigenvalue weighted by Gasteiger charge is -2.41. The summed E-state index contributed by atoms with van der Waals surface area (Å²) in [5.74, 6) is 0.705. The molecule has 0 aromatic heterocycles. The minimum Gasteiger partial charge on any atom is -0.396 e. The van der Waals surface area contributed by atoms with Crippen molar-refractivity contribution in [2.45, 2.75) is 56.9 Å². The molecule has 0 amide bonds. The van der Waals surface area contributed by atoms with Crippen molar-refractivity contribution in [2.24, 2.45) is 0 Å². The van der Waals surface area contributed by atoms with E-state index in [2.05, 4.69) is 42.6 Å². The molecule has 19 heavy (non-hydrogen) atoms. The van der Waals surface area contributed by atoms with E-state index in [1.807, 2.05) is 0 Å². The molecule has 2 nitrogen and oxygen atoms in total. The van der Waals surface area contributed by atoms with Crippen LogP contribution in [0.2, 0.25) is 0 Å². The second kappa shape index (κ2) is 7.06. The van der Waals surface area contributed by atoms with Gasteiger partial charge in [0.15, 0.2) is 0 Å². The Balaban J connectivity index is 1.95. The molecule has 0 heterocycles. The van der Waals surface area contributed by atoms with Crippen molar-refractivity contribution in [3.63, 3.8) is 0 Å². The molecule has 0 spiro atoms. The lowest BCUT2D eigenvalue weighted by atomic mass is 9.72. The summed E-state index contributed by atoms with van der Waals surface area (Å²) in [6.45, 7) is 3.57. The van der Waals surface area contributed by atoms with Crippen molar-refractivity contribution in [2.75, 3.05) is 13.2 Å². The predicted octanol–water partition coefficient (Wildman–Crippen LogP) is 3.47. The van der Waals surface area contributed by atoms with Crippen LogP contribution in [0.3, 0.4) is 0 Å². The summed E-state index contributed by atoms with van der Waals surface area (Å²) in [5, 5.41) is 13.0. The molecule has 1 saturated carbocycles. The fraction of sp³-hybridized carbons (Fsp3) is 0.647. The maximum absolute atomic E-state index is 9.33. The van der Waals surface area contributed by atoms with Gasteiger partial charge in [-0.05, 0) is 56.6 Å². The van der Waals surface area contributed by atoms with Gasteiger partial charge in [0.05, 0.1) is 0 Å². The molecule has 2 heteroatoms. The monoisotopic (exact) mass is 261 g/mol. The summed E-state index contributed by atoms with van der Waals surface area (Å²) >= 11 is 0. The van der Waals surface area contributed by atoms with Gasteiger partial charge in [-0.1, -0.05) is 37.3 Å². The van der Waals surface area contributed by atoms with Crippen LogP contribution in [0.4, 0.5) is 0 Å². The highest BCUT2D eigenvalue weighted by atomic mass is 16.3. The van der Waals surface area contributed by atoms with Crippen LogP contribution < -0.4 is 5.32 Å². The molecule has 1 fully saturated rings. The van der Waals surface area contributed by atoms with E-state index in [9.17, 15) is 5.11 Å². The van der Waals surface area contributed by atoms with Gasteiger partial charge in [-0.2, -0.15) is 0 Å². The number of nitrogens with one attached hydrogen (secondary N) is 1. The first-order valence-corrected chi connectivity index (χ1v) is 7.70. The van der Waals surface area contributed by atoms with Gasteiger partial charge in [0.25, 0.3) is 0 Å². The zero-order valence-corrected chi connectivity index (χ0v) is 12.1. The van der Waals surface area contributed by atoms with E-state index < -0.39 is 0 Å². The van der Waals surface area contributed by atoms with Crippen LogP contribution in [-0.2, 0) is 0 Å². The van der Waals surface area contributed by atoms with E-state index in [0.717, 1.165) is 19.4 Å². The van der Waals surface area contributed by atoms with Crippen LogP contribution in [0.15, 0.2) is 30.3 Å². The quantitative estimate of drug-likeness (QED) is 0.822. The first kappa shape index (κ1) is 14.5. The van der Waals surface area contributed by atoms with Crippen LogP contribution >= 0.6 is 0 Å². The average molecular weight is 261 g/mol. The summed E-state index contributed by atoms with van der Waals surface area (Å²) in [4.78, 5) is 0. The molecular weight excluding hydrogens is 234 g/mol. The van der Waals surface area contributed by atoms with Crippen LogP contribution in [0.25, 0.3) is 0 Å². The van der Waals surface area contributed by atoms with Crippen LogP contribution in [0.5, 0.6) is 0 Å². The molecule has 1 aliphatic carbocycles. The number of rotatable bonds is 6. The minimum atomic E-state index is 0.191. The summed E-state index contributed by atoms with van der Waals surface area (Å²) in [5.41, 5.74) is 1.67. The highest BCUT2D eigenvalue weighted by Gasteiger charge is 2.34. The van der Waals surface area contributed by atoms with Crippen molar-refractivity contribution in [3.8, 4) is 0 Å².